The van der Waals surface area contributed by atoms with E-state index in [0.29, 0.717) is 11.6 Å². The van der Waals surface area contributed by atoms with Gasteiger partial charge in [-0.15, -0.1) is 0 Å². The van der Waals surface area contributed by atoms with Crippen LogP contribution in [0.15, 0.2) is 36.4 Å². The molecule has 0 aromatic heterocycles. The summed E-state index contributed by atoms with van der Waals surface area (Å²) in [5, 5.41) is 57.8. The molecular weight excluding hydrogens is 390 g/mol. The van der Waals surface area contributed by atoms with Crippen LogP contribution < -0.4 is 0 Å². The molecule has 0 saturated heterocycles. The molecule has 11 nitrogen and oxygen atoms in total. The summed E-state index contributed by atoms with van der Waals surface area (Å²) in [5.74, 6) is -4.93. The highest BCUT2D eigenvalue weighted by Crippen LogP contribution is 2.33. The molecular formula is C18H15NO10. The molecule has 5 N–H and O–H groups in total. The molecule has 2 aromatic carbocycles. The standard InChI is InChI=1S/C18H15NO10/c20-12-3-1-9(5-13(12)21)2-4-17(24)29-16(18(25)26)7-10-6-14(22)15(23)8-11(10)19(27)28/h1-6,8,16,20-23H,7H2,(H,25,26)/b4-2+/t16-/m1/s1. The van der Waals surface area contributed by atoms with E-state index < -0.39 is 52.3 Å². The summed E-state index contributed by atoms with van der Waals surface area (Å²) in [6.45, 7) is 0. The maximum atomic E-state index is 11.9. The maximum Gasteiger partial charge on any atom is 0.345 e. The van der Waals surface area contributed by atoms with Gasteiger partial charge in [0.15, 0.2) is 23.0 Å². The molecule has 0 heterocycles. The number of carbonyl (C=O) groups excluding carboxylic acids is 1. The number of carboxylic acids is 1. The molecule has 29 heavy (non-hydrogen) atoms. The molecule has 0 unspecified atom stereocenters. The Balaban J connectivity index is 2.18. The van der Waals surface area contributed by atoms with E-state index in [0.717, 1.165) is 18.2 Å². The molecule has 2 aromatic rings. The summed E-state index contributed by atoms with van der Waals surface area (Å²) < 4.78 is 4.79. The largest absolute Gasteiger partial charge is 0.504 e. The number of phenolic OH excluding ortho intramolecular Hbond substituents is 4. The third kappa shape index (κ3) is 5.35. The number of esters is 1. The predicted molar refractivity (Wildman–Crippen MR) is 96.5 cm³/mol. The van der Waals surface area contributed by atoms with Gasteiger partial charge < -0.3 is 30.3 Å². The van der Waals surface area contributed by atoms with E-state index in [9.17, 15) is 45.2 Å². The highest BCUT2D eigenvalue weighted by Gasteiger charge is 2.27. The van der Waals surface area contributed by atoms with Gasteiger partial charge in [0.1, 0.15) is 0 Å². The van der Waals surface area contributed by atoms with Gasteiger partial charge >= 0.3 is 11.9 Å². The van der Waals surface area contributed by atoms with Crippen molar-refractivity contribution in [1.29, 1.82) is 0 Å². The first-order valence-electron chi connectivity index (χ1n) is 7.91. The summed E-state index contributed by atoms with van der Waals surface area (Å²) >= 11 is 0. The predicted octanol–water partition coefficient (Wildman–Crippen LogP) is 1.67. The second-order valence-corrected chi connectivity index (χ2v) is 5.78. The molecule has 1 atom stereocenters. The van der Waals surface area contributed by atoms with Gasteiger partial charge in [-0.2, -0.15) is 0 Å². The van der Waals surface area contributed by atoms with Crippen molar-refractivity contribution in [3.8, 4) is 23.0 Å². The molecule has 11 heteroatoms. The van der Waals surface area contributed by atoms with Gasteiger partial charge in [0.25, 0.3) is 5.69 Å². The molecule has 0 aliphatic heterocycles. The number of nitro groups is 1. The second kappa shape index (κ2) is 8.61. The van der Waals surface area contributed by atoms with Gasteiger partial charge in [0.05, 0.1) is 11.0 Å². The molecule has 0 radical (unpaired) electrons. The minimum absolute atomic E-state index is 0.266. The smallest absolute Gasteiger partial charge is 0.345 e. The van der Waals surface area contributed by atoms with Crippen LogP contribution in [0.3, 0.4) is 0 Å². The van der Waals surface area contributed by atoms with E-state index in [4.69, 9.17) is 4.74 Å². The van der Waals surface area contributed by atoms with Crippen molar-refractivity contribution in [1.82, 2.24) is 0 Å². The molecule has 0 aliphatic rings. The molecule has 0 fully saturated rings. The lowest BCUT2D eigenvalue weighted by Gasteiger charge is -2.13. The first kappa shape index (κ1) is 21.0. The number of nitrogens with zero attached hydrogens (tertiary/aromatic N) is 1. The molecule has 0 aliphatic carbocycles. The normalized spacial score (nSPS) is 11.9. The summed E-state index contributed by atoms with van der Waals surface area (Å²) in [5.41, 5.74) is -0.612. The van der Waals surface area contributed by atoms with Gasteiger partial charge in [-0.1, -0.05) is 6.07 Å². The van der Waals surface area contributed by atoms with Crippen molar-refractivity contribution >= 4 is 23.7 Å². The van der Waals surface area contributed by atoms with E-state index in [1.165, 1.54) is 18.2 Å². The Labute approximate surface area is 162 Å². The Morgan fingerprint density at radius 1 is 1.03 bits per heavy atom. The number of hydrogen-bond acceptors (Lipinski definition) is 9. The zero-order valence-electron chi connectivity index (χ0n) is 14.6. The Hall–Kier alpha value is -4.28. The van der Waals surface area contributed by atoms with Gasteiger partial charge in [0.2, 0.25) is 6.10 Å². The van der Waals surface area contributed by atoms with Crippen molar-refractivity contribution in [2.45, 2.75) is 12.5 Å². The van der Waals surface area contributed by atoms with Crippen LogP contribution >= 0.6 is 0 Å². The highest BCUT2D eigenvalue weighted by atomic mass is 16.6. The van der Waals surface area contributed by atoms with Crippen molar-refractivity contribution < 1.29 is 44.8 Å². The molecule has 0 spiro atoms. The number of benzene rings is 2. The van der Waals surface area contributed by atoms with Gasteiger partial charge in [0, 0.05) is 18.1 Å². The minimum Gasteiger partial charge on any atom is -0.504 e. The number of ether oxygens (including phenoxy) is 1. The van der Waals surface area contributed by atoms with Crippen LogP contribution in [0, 0.1) is 10.1 Å². The van der Waals surface area contributed by atoms with Crippen LogP contribution in [-0.2, 0) is 20.7 Å². The average Bonchev–Trinajstić information content (AvgIpc) is 2.64. The van der Waals surface area contributed by atoms with Gasteiger partial charge in [-0.3, -0.25) is 10.1 Å². The Morgan fingerprint density at radius 3 is 2.24 bits per heavy atom. The van der Waals surface area contributed by atoms with E-state index >= 15 is 0 Å². The first-order valence-corrected chi connectivity index (χ1v) is 7.91. The number of hydrogen-bond donors (Lipinski definition) is 5. The molecule has 2 rings (SSSR count). The molecule has 152 valence electrons. The van der Waals surface area contributed by atoms with Crippen LogP contribution in [0.5, 0.6) is 23.0 Å². The van der Waals surface area contributed by atoms with Crippen LogP contribution in [0.25, 0.3) is 6.08 Å². The van der Waals surface area contributed by atoms with Gasteiger partial charge in [-0.25, -0.2) is 9.59 Å². The lowest BCUT2D eigenvalue weighted by Crippen LogP contribution is -2.28. The van der Waals surface area contributed by atoms with Crippen LogP contribution in [0.2, 0.25) is 0 Å². The van der Waals surface area contributed by atoms with Crippen LogP contribution in [0.1, 0.15) is 11.1 Å². The fourth-order valence-corrected chi connectivity index (χ4v) is 2.31. The third-order valence-corrected chi connectivity index (χ3v) is 3.72. The minimum atomic E-state index is -1.82. The monoisotopic (exact) mass is 405 g/mol. The van der Waals surface area contributed by atoms with E-state index in [1.54, 1.807) is 0 Å². The number of carbonyl (C=O) groups is 2. The van der Waals surface area contributed by atoms with E-state index in [-0.39, 0.29) is 11.3 Å². The lowest BCUT2D eigenvalue weighted by atomic mass is 10.0. The lowest BCUT2D eigenvalue weighted by molar-refractivity contribution is -0.385. The topological polar surface area (TPSA) is 188 Å². The van der Waals surface area contributed by atoms with E-state index in [1.807, 2.05) is 0 Å². The van der Waals surface area contributed by atoms with E-state index in [2.05, 4.69) is 0 Å². The van der Waals surface area contributed by atoms with Crippen molar-refractivity contribution in [2.75, 3.05) is 0 Å². The quantitative estimate of drug-likeness (QED) is 0.149. The van der Waals surface area contributed by atoms with Crippen molar-refractivity contribution in [2.24, 2.45) is 0 Å². The molecule has 0 saturated carbocycles. The SMILES string of the molecule is O=C(/C=C/c1ccc(O)c(O)c1)O[C@H](Cc1cc(O)c(O)cc1[N+](=O)[O-])C(=O)O. The maximum absolute atomic E-state index is 11.9. The zero-order chi connectivity index (χ0) is 21.7. The summed E-state index contributed by atoms with van der Waals surface area (Å²) in [7, 11) is 0. The van der Waals surface area contributed by atoms with Crippen LogP contribution in [0.4, 0.5) is 5.69 Å². The molecule has 0 amide bonds. The summed E-state index contributed by atoms with van der Waals surface area (Å²) in [6, 6.07) is 5.16. The average molecular weight is 405 g/mol. The molecule has 0 bridgehead atoms. The Kier molecular flexibility index (Phi) is 6.24. The highest BCUT2D eigenvalue weighted by molar-refractivity contribution is 5.89. The number of carboxylic acid groups (broad SMARTS) is 1. The van der Waals surface area contributed by atoms with Crippen molar-refractivity contribution in [3.63, 3.8) is 0 Å². The van der Waals surface area contributed by atoms with Crippen molar-refractivity contribution in [3.05, 3.63) is 57.6 Å². The fraction of sp³-hybridized carbons (Fsp3) is 0.111. The van der Waals surface area contributed by atoms with Crippen LogP contribution in [-0.4, -0.2) is 48.5 Å². The van der Waals surface area contributed by atoms with Gasteiger partial charge in [-0.05, 0) is 29.8 Å². The second-order valence-electron chi connectivity index (χ2n) is 5.78. The number of aliphatic carboxylic acids is 1. The fourth-order valence-electron chi connectivity index (χ4n) is 2.31. The summed E-state index contributed by atoms with van der Waals surface area (Å²) in [4.78, 5) is 33.5. The third-order valence-electron chi connectivity index (χ3n) is 3.72. The Morgan fingerprint density at radius 2 is 1.66 bits per heavy atom. The summed E-state index contributed by atoms with van der Waals surface area (Å²) in [6.07, 6.45) is -0.401. The number of aromatic hydroxyl groups is 4. The number of rotatable bonds is 7. The Bertz CT molecular complexity index is 998. The number of phenols is 4. The zero-order valence-corrected chi connectivity index (χ0v) is 14.6. The number of nitro benzene ring substituents is 1. The first-order chi connectivity index (χ1) is 13.6.